The maximum Gasteiger partial charge on any atom is 0.330 e. The molecule has 12 unspecified atom stereocenters. The molecule has 254 valence electrons. The Morgan fingerprint density at radius 1 is 0.891 bits per heavy atom. The Labute approximate surface area is 262 Å². The summed E-state index contributed by atoms with van der Waals surface area (Å²) in [4.78, 5) is 12.7. The first-order chi connectivity index (χ1) is 21.9. The van der Waals surface area contributed by atoms with Gasteiger partial charge in [0.05, 0.1) is 31.0 Å². The number of rotatable bonds is 9. The molecule has 3 saturated heterocycles. The Kier molecular flexibility index (Phi) is 9.43. The number of fused-ring (bicyclic) bond motifs is 3. The molecular formula is C30H38O16. The van der Waals surface area contributed by atoms with E-state index in [-0.39, 0.29) is 12.4 Å². The summed E-state index contributed by atoms with van der Waals surface area (Å²) in [5.74, 6) is -2.04. The van der Waals surface area contributed by atoms with E-state index in [4.69, 9.17) is 33.2 Å². The minimum Gasteiger partial charge on any atom is -0.508 e. The molecule has 1 aromatic carbocycles. The fourth-order valence-electron chi connectivity index (χ4n) is 6.55. The summed E-state index contributed by atoms with van der Waals surface area (Å²) < 4.78 is 40.7. The van der Waals surface area contributed by atoms with E-state index in [9.17, 15) is 45.6 Å². The smallest absolute Gasteiger partial charge is 0.330 e. The number of aliphatic hydroxyl groups excluding tert-OH is 7. The van der Waals surface area contributed by atoms with Gasteiger partial charge in [0.15, 0.2) is 12.6 Å². The molecule has 16 heteroatoms. The maximum atomic E-state index is 12.7. The van der Waals surface area contributed by atoms with Gasteiger partial charge in [0, 0.05) is 12.0 Å². The van der Waals surface area contributed by atoms with Crippen molar-refractivity contribution < 1.29 is 78.8 Å². The summed E-state index contributed by atoms with van der Waals surface area (Å²) in [6.45, 7) is 0.522. The van der Waals surface area contributed by atoms with Crippen LogP contribution in [0.2, 0.25) is 0 Å². The van der Waals surface area contributed by atoms with Crippen LogP contribution < -0.4 is 0 Å². The molecule has 0 amide bonds. The van der Waals surface area contributed by atoms with Crippen molar-refractivity contribution in [2.75, 3.05) is 13.2 Å². The Bertz CT molecular complexity index is 1290. The van der Waals surface area contributed by atoms with Crippen molar-refractivity contribution >= 4 is 12.0 Å². The van der Waals surface area contributed by atoms with Crippen molar-refractivity contribution in [3.8, 4) is 5.75 Å². The van der Waals surface area contributed by atoms with Crippen LogP contribution in [0.4, 0.5) is 0 Å². The zero-order valence-corrected chi connectivity index (χ0v) is 24.5. The van der Waals surface area contributed by atoms with Crippen molar-refractivity contribution in [3.05, 3.63) is 48.2 Å². The first-order valence-corrected chi connectivity index (χ1v) is 14.9. The number of carbonyl (C=O) groups excluding carboxylic acids is 1. The van der Waals surface area contributed by atoms with Crippen LogP contribution in [-0.2, 0) is 38.0 Å². The van der Waals surface area contributed by atoms with E-state index in [0.29, 0.717) is 5.56 Å². The van der Waals surface area contributed by atoms with Crippen molar-refractivity contribution in [2.24, 2.45) is 11.8 Å². The summed E-state index contributed by atoms with van der Waals surface area (Å²) in [5.41, 5.74) is -0.640. The third-order valence-corrected chi connectivity index (χ3v) is 9.20. The fourth-order valence-corrected chi connectivity index (χ4v) is 6.55. The van der Waals surface area contributed by atoms with Gasteiger partial charge >= 0.3 is 5.97 Å². The average molecular weight is 655 g/mol. The number of hydrogen-bond donors (Lipinski definition) is 8. The fraction of sp³-hybridized carbons (Fsp3) is 0.633. The molecule has 4 aliphatic heterocycles. The number of phenolic OH excluding ortho intramolecular Hbond substituents is 1. The number of phenols is 1. The zero-order valence-electron chi connectivity index (χ0n) is 24.5. The van der Waals surface area contributed by atoms with Gasteiger partial charge in [-0.1, -0.05) is 12.1 Å². The lowest BCUT2D eigenvalue weighted by molar-refractivity contribution is -0.347. The molecule has 1 aliphatic carbocycles. The number of esters is 1. The van der Waals surface area contributed by atoms with Crippen molar-refractivity contribution in [2.45, 2.75) is 92.4 Å². The molecule has 4 fully saturated rings. The van der Waals surface area contributed by atoms with E-state index in [0.717, 1.165) is 0 Å². The molecule has 46 heavy (non-hydrogen) atoms. The third-order valence-electron chi connectivity index (χ3n) is 9.20. The maximum absolute atomic E-state index is 12.7. The molecule has 0 bridgehead atoms. The van der Waals surface area contributed by atoms with Gasteiger partial charge in [-0.3, -0.25) is 0 Å². The molecule has 4 heterocycles. The first-order valence-electron chi connectivity index (χ1n) is 14.9. The number of benzene rings is 1. The summed E-state index contributed by atoms with van der Waals surface area (Å²) in [6, 6.07) is 6.13. The van der Waals surface area contributed by atoms with Gasteiger partial charge in [-0.15, -0.1) is 0 Å². The standard InChI is InChI=1S/C30H38O16/c1-12-19(34)21(36)23(38)28(42-12)44-25-15-8-9-40-27(45-29-24(39)22(37)20(35)16(10-31)43-29)18(15)30(26(25)46-30)11-41-17(33)7-4-13-2-5-14(32)6-3-13/h2-9,12,15-16,18-29,31-32,34-39H,10-11H2,1H3/b7-4+/t12?,15?,16?,18?,19?,20?,21?,22?,23?,24?,25-,26-,27-,28?,29?,30+/m0/s1. The number of ether oxygens (including phenoxy) is 7. The van der Waals surface area contributed by atoms with Gasteiger partial charge < -0.3 is 74.0 Å². The van der Waals surface area contributed by atoms with E-state index in [1.807, 2.05) is 0 Å². The second kappa shape index (κ2) is 13.1. The van der Waals surface area contributed by atoms with Crippen molar-refractivity contribution in [3.63, 3.8) is 0 Å². The van der Waals surface area contributed by atoms with E-state index in [2.05, 4.69) is 0 Å². The minimum absolute atomic E-state index is 0.0684. The highest BCUT2D eigenvalue weighted by molar-refractivity contribution is 5.87. The Morgan fingerprint density at radius 2 is 1.57 bits per heavy atom. The second-order valence-corrected chi connectivity index (χ2v) is 12.1. The lowest BCUT2D eigenvalue weighted by Crippen LogP contribution is -2.60. The Balaban J connectivity index is 1.22. The number of aromatic hydroxyl groups is 1. The molecule has 5 aliphatic rings. The van der Waals surface area contributed by atoms with Gasteiger partial charge in [-0.05, 0) is 36.8 Å². The largest absolute Gasteiger partial charge is 0.508 e. The highest BCUT2D eigenvalue weighted by Crippen LogP contribution is 2.61. The predicted octanol–water partition coefficient (Wildman–Crippen LogP) is -2.77. The summed E-state index contributed by atoms with van der Waals surface area (Å²) in [6.07, 6.45) is -11.8. The number of carbonyl (C=O) groups is 1. The van der Waals surface area contributed by atoms with Gasteiger partial charge in [0.2, 0.25) is 6.29 Å². The Morgan fingerprint density at radius 3 is 2.26 bits per heavy atom. The van der Waals surface area contributed by atoms with E-state index in [1.54, 1.807) is 18.2 Å². The molecular weight excluding hydrogens is 616 g/mol. The van der Waals surface area contributed by atoms with Gasteiger partial charge in [0.25, 0.3) is 0 Å². The van der Waals surface area contributed by atoms with E-state index in [1.165, 1.54) is 37.5 Å². The second-order valence-electron chi connectivity index (χ2n) is 12.1. The van der Waals surface area contributed by atoms with Crippen LogP contribution >= 0.6 is 0 Å². The number of hydrogen-bond acceptors (Lipinski definition) is 16. The van der Waals surface area contributed by atoms with Gasteiger partial charge in [-0.2, -0.15) is 0 Å². The SMILES string of the molecule is CC1OC(O[C@H]2C3C=CO[C@@H](OC4OC(CO)C(O)C(O)C4O)C3[C@@]3(COC(=O)/C=C/c4ccc(O)cc4)O[C@@H]23)C(O)C(O)C1O. The van der Waals surface area contributed by atoms with Gasteiger partial charge in [-0.25, -0.2) is 4.79 Å². The summed E-state index contributed by atoms with van der Waals surface area (Å²) >= 11 is 0. The van der Waals surface area contributed by atoms with Crippen LogP contribution in [0.25, 0.3) is 6.08 Å². The van der Waals surface area contributed by atoms with Gasteiger partial charge in [0.1, 0.15) is 66.8 Å². The molecule has 1 aromatic rings. The first kappa shape index (κ1) is 33.2. The topological polar surface area (TPSA) is 247 Å². The normalized spacial score (nSPS) is 46.4. The number of epoxide rings is 1. The zero-order chi connectivity index (χ0) is 32.9. The van der Waals surface area contributed by atoms with Crippen molar-refractivity contribution in [1.29, 1.82) is 0 Å². The molecule has 6 rings (SSSR count). The lowest BCUT2D eigenvalue weighted by Gasteiger charge is -2.44. The monoisotopic (exact) mass is 654 g/mol. The number of aliphatic hydroxyl groups is 7. The third kappa shape index (κ3) is 6.05. The molecule has 0 radical (unpaired) electrons. The highest BCUT2D eigenvalue weighted by atomic mass is 16.8. The van der Waals surface area contributed by atoms with E-state index >= 15 is 0 Å². The molecule has 0 spiro atoms. The summed E-state index contributed by atoms with van der Waals surface area (Å²) in [5, 5.41) is 81.2. The minimum atomic E-state index is -1.73. The van der Waals surface area contributed by atoms with E-state index < -0.39 is 110 Å². The van der Waals surface area contributed by atoms with Crippen molar-refractivity contribution in [1.82, 2.24) is 0 Å². The molecule has 1 saturated carbocycles. The molecule has 16 atom stereocenters. The predicted molar refractivity (Wildman–Crippen MR) is 149 cm³/mol. The van der Waals surface area contributed by atoms with Crippen LogP contribution in [0, 0.1) is 11.8 Å². The molecule has 8 N–H and O–H groups in total. The van der Waals surface area contributed by atoms with Crippen LogP contribution in [0.3, 0.4) is 0 Å². The van der Waals surface area contributed by atoms with Crippen LogP contribution in [0.15, 0.2) is 42.7 Å². The highest BCUT2D eigenvalue weighted by Gasteiger charge is 2.77. The molecule has 16 nitrogen and oxygen atoms in total. The summed E-state index contributed by atoms with van der Waals surface area (Å²) in [7, 11) is 0. The van der Waals surface area contributed by atoms with Crippen LogP contribution in [0.1, 0.15) is 12.5 Å². The Hall–Kier alpha value is -2.71. The lowest BCUT2D eigenvalue weighted by atomic mass is 9.85. The molecule has 0 aromatic heterocycles. The van der Waals surface area contributed by atoms with Crippen LogP contribution in [0.5, 0.6) is 5.75 Å². The quantitative estimate of drug-likeness (QED) is 0.0763. The van der Waals surface area contributed by atoms with Crippen LogP contribution in [-0.4, -0.2) is 146 Å². The average Bonchev–Trinajstić information content (AvgIpc) is 3.72.